The number of hydrogen-bond donors (Lipinski definition) is 0. The van der Waals surface area contributed by atoms with Crippen LogP contribution < -0.4 is 4.90 Å². The number of aromatic nitrogens is 1. The first-order valence-corrected chi connectivity index (χ1v) is 9.88. The minimum absolute atomic E-state index is 0.179. The van der Waals surface area contributed by atoms with Crippen molar-refractivity contribution in [2.75, 3.05) is 11.4 Å². The summed E-state index contributed by atoms with van der Waals surface area (Å²) in [5.74, 6) is -1.01. The Kier molecular flexibility index (Phi) is 6.72. The molecule has 3 rings (SSSR count). The monoisotopic (exact) mass is 405 g/mol. The fourth-order valence-electron chi connectivity index (χ4n) is 2.72. The number of ether oxygens (including phenoxy) is 1. The van der Waals surface area contributed by atoms with E-state index in [-0.39, 0.29) is 18.9 Å². The molecule has 1 atom stereocenters. The average Bonchev–Trinajstić information content (AvgIpc) is 3.16. The predicted molar refractivity (Wildman–Crippen MR) is 113 cm³/mol. The Morgan fingerprint density at radius 1 is 1.21 bits per heavy atom. The SMILES string of the molecule is C[C@@H](OC(=O)/C=C/c1nc2ccccc2s1)C(=O)N(CCC#N)c1ccccc1. The van der Waals surface area contributed by atoms with Crippen molar-refractivity contribution in [1.29, 1.82) is 5.26 Å². The molecule has 0 unspecified atom stereocenters. The Balaban J connectivity index is 1.65. The number of benzene rings is 2. The van der Waals surface area contributed by atoms with Crippen molar-refractivity contribution < 1.29 is 14.3 Å². The standard InChI is InChI=1S/C22H19N3O3S/c1-16(22(27)25(15-7-14-23)17-8-3-2-4-9-17)28-21(26)13-12-20-24-18-10-5-6-11-19(18)29-20/h2-6,8-13,16H,7,15H2,1H3/b13-12+/t16-/m1/s1. The van der Waals surface area contributed by atoms with Gasteiger partial charge in [0, 0.05) is 18.3 Å². The van der Waals surface area contributed by atoms with E-state index in [4.69, 9.17) is 10.00 Å². The number of hydrogen-bond acceptors (Lipinski definition) is 6. The number of carbonyl (C=O) groups excluding carboxylic acids is 2. The summed E-state index contributed by atoms with van der Waals surface area (Å²) in [6, 6.07) is 18.7. The molecule has 2 aromatic carbocycles. The van der Waals surface area contributed by atoms with Gasteiger partial charge in [-0.3, -0.25) is 4.79 Å². The average molecular weight is 405 g/mol. The maximum atomic E-state index is 12.8. The van der Waals surface area contributed by atoms with Gasteiger partial charge in [-0.1, -0.05) is 30.3 Å². The Hall–Kier alpha value is -3.50. The Labute approximate surface area is 172 Å². The second-order valence-electron chi connectivity index (χ2n) is 6.17. The molecule has 0 N–H and O–H groups in total. The first-order chi connectivity index (χ1) is 14.1. The number of rotatable bonds is 7. The fraction of sp³-hybridized carbons (Fsp3) is 0.182. The second kappa shape index (κ2) is 9.62. The summed E-state index contributed by atoms with van der Waals surface area (Å²) in [5.41, 5.74) is 1.52. The molecule has 0 aliphatic rings. The van der Waals surface area contributed by atoms with Crippen LogP contribution in [0.3, 0.4) is 0 Å². The molecule has 0 saturated carbocycles. The van der Waals surface area contributed by atoms with Crippen molar-refractivity contribution in [3.8, 4) is 6.07 Å². The summed E-state index contributed by atoms with van der Waals surface area (Å²) in [6.45, 7) is 1.75. The van der Waals surface area contributed by atoms with Gasteiger partial charge in [0.15, 0.2) is 6.10 Å². The van der Waals surface area contributed by atoms with Crippen LogP contribution in [0.2, 0.25) is 0 Å². The summed E-state index contributed by atoms with van der Waals surface area (Å²) < 4.78 is 6.30. The van der Waals surface area contributed by atoms with Gasteiger partial charge >= 0.3 is 5.97 Å². The lowest BCUT2D eigenvalue weighted by atomic mass is 10.2. The zero-order chi connectivity index (χ0) is 20.6. The highest BCUT2D eigenvalue weighted by molar-refractivity contribution is 7.19. The maximum Gasteiger partial charge on any atom is 0.331 e. The molecule has 7 heteroatoms. The van der Waals surface area contributed by atoms with E-state index in [0.717, 1.165) is 10.2 Å². The zero-order valence-electron chi connectivity index (χ0n) is 15.8. The van der Waals surface area contributed by atoms with Crippen molar-refractivity contribution in [2.45, 2.75) is 19.4 Å². The highest BCUT2D eigenvalue weighted by Crippen LogP contribution is 2.22. The highest BCUT2D eigenvalue weighted by atomic mass is 32.1. The third kappa shape index (κ3) is 5.27. The van der Waals surface area contributed by atoms with E-state index in [1.54, 1.807) is 30.3 Å². The van der Waals surface area contributed by atoms with E-state index in [0.29, 0.717) is 10.7 Å². The summed E-state index contributed by atoms with van der Waals surface area (Å²) in [5, 5.41) is 9.55. The lowest BCUT2D eigenvalue weighted by molar-refractivity contribution is -0.149. The normalized spacial score (nSPS) is 11.9. The number of fused-ring (bicyclic) bond motifs is 1. The third-order valence-corrected chi connectivity index (χ3v) is 5.10. The number of esters is 1. The van der Waals surface area contributed by atoms with E-state index in [1.807, 2.05) is 36.4 Å². The molecule has 0 aliphatic heterocycles. The first-order valence-electron chi connectivity index (χ1n) is 9.06. The second-order valence-corrected chi connectivity index (χ2v) is 7.23. The van der Waals surface area contributed by atoms with E-state index in [9.17, 15) is 9.59 Å². The predicted octanol–water partition coefficient (Wildman–Crippen LogP) is 4.19. The van der Waals surface area contributed by atoms with Gasteiger partial charge in [0.05, 0.1) is 22.7 Å². The fourth-order valence-corrected chi connectivity index (χ4v) is 3.59. The van der Waals surface area contributed by atoms with Crippen molar-refractivity contribution >= 4 is 45.2 Å². The smallest absolute Gasteiger partial charge is 0.331 e. The van der Waals surface area contributed by atoms with Crippen LogP contribution in [0.1, 0.15) is 18.4 Å². The quantitative estimate of drug-likeness (QED) is 0.435. The van der Waals surface area contributed by atoms with E-state index in [1.165, 1.54) is 29.2 Å². The molecular weight excluding hydrogens is 386 g/mol. The minimum atomic E-state index is -0.985. The highest BCUT2D eigenvalue weighted by Gasteiger charge is 2.24. The molecule has 3 aromatic rings. The largest absolute Gasteiger partial charge is 0.449 e. The summed E-state index contributed by atoms with van der Waals surface area (Å²) in [6.07, 6.45) is 2.04. The van der Waals surface area contributed by atoms with Crippen LogP contribution in [0.25, 0.3) is 16.3 Å². The summed E-state index contributed by atoms with van der Waals surface area (Å²) >= 11 is 1.46. The summed E-state index contributed by atoms with van der Waals surface area (Å²) in [7, 11) is 0. The van der Waals surface area contributed by atoms with Crippen LogP contribution in [0.5, 0.6) is 0 Å². The molecular formula is C22H19N3O3S. The van der Waals surface area contributed by atoms with E-state index < -0.39 is 12.1 Å². The molecule has 6 nitrogen and oxygen atoms in total. The first kappa shape index (κ1) is 20.2. The van der Waals surface area contributed by atoms with Crippen LogP contribution in [-0.2, 0) is 14.3 Å². The number of amides is 1. The van der Waals surface area contributed by atoms with Crippen LogP contribution in [0, 0.1) is 11.3 Å². The molecule has 0 fully saturated rings. The number of nitrogens with zero attached hydrogens (tertiary/aromatic N) is 3. The number of carbonyl (C=O) groups is 2. The van der Waals surface area contributed by atoms with Crippen molar-refractivity contribution in [3.05, 3.63) is 65.7 Å². The van der Waals surface area contributed by atoms with Gasteiger partial charge in [0.1, 0.15) is 5.01 Å². The van der Waals surface area contributed by atoms with E-state index in [2.05, 4.69) is 4.98 Å². The molecule has 1 amide bonds. The molecule has 1 heterocycles. The topological polar surface area (TPSA) is 83.3 Å². The van der Waals surface area contributed by atoms with Crippen LogP contribution in [0.4, 0.5) is 5.69 Å². The molecule has 29 heavy (non-hydrogen) atoms. The van der Waals surface area contributed by atoms with Gasteiger partial charge in [0.25, 0.3) is 5.91 Å². The Morgan fingerprint density at radius 2 is 1.93 bits per heavy atom. The van der Waals surface area contributed by atoms with Gasteiger partial charge in [-0.25, -0.2) is 9.78 Å². The number of thiazole rings is 1. The van der Waals surface area contributed by atoms with Crippen LogP contribution >= 0.6 is 11.3 Å². The van der Waals surface area contributed by atoms with Crippen LogP contribution in [-0.4, -0.2) is 29.5 Å². The lowest BCUT2D eigenvalue weighted by Gasteiger charge is -2.24. The number of nitriles is 1. The van der Waals surface area contributed by atoms with Crippen LogP contribution in [0.15, 0.2) is 60.7 Å². The number of anilines is 1. The zero-order valence-corrected chi connectivity index (χ0v) is 16.6. The molecule has 0 bridgehead atoms. The van der Waals surface area contributed by atoms with Crippen molar-refractivity contribution in [1.82, 2.24) is 4.98 Å². The minimum Gasteiger partial charge on any atom is -0.449 e. The lowest BCUT2D eigenvalue weighted by Crippen LogP contribution is -2.40. The molecule has 146 valence electrons. The van der Waals surface area contributed by atoms with Gasteiger partial charge in [-0.2, -0.15) is 5.26 Å². The van der Waals surface area contributed by atoms with Gasteiger partial charge in [-0.05, 0) is 37.3 Å². The van der Waals surface area contributed by atoms with E-state index >= 15 is 0 Å². The summed E-state index contributed by atoms with van der Waals surface area (Å²) in [4.78, 5) is 30.8. The van der Waals surface area contributed by atoms with Gasteiger partial charge < -0.3 is 9.64 Å². The molecule has 0 spiro atoms. The van der Waals surface area contributed by atoms with Gasteiger partial charge in [0.2, 0.25) is 0 Å². The molecule has 0 saturated heterocycles. The number of para-hydroxylation sites is 2. The Bertz CT molecular complexity index is 1040. The molecule has 0 radical (unpaired) electrons. The third-order valence-electron chi connectivity index (χ3n) is 4.09. The Morgan fingerprint density at radius 3 is 2.66 bits per heavy atom. The van der Waals surface area contributed by atoms with Crippen molar-refractivity contribution in [2.24, 2.45) is 0 Å². The van der Waals surface area contributed by atoms with Crippen molar-refractivity contribution in [3.63, 3.8) is 0 Å². The molecule has 0 aliphatic carbocycles. The molecule has 1 aromatic heterocycles. The maximum absolute atomic E-state index is 12.8. The van der Waals surface area contributed by atoms with Gasteiger partial charge in [-0.15, -0.1) is 11.3 Å².